The molecule has 0 saturated carbocycles. The van der Waals surface area contributed by atoms with Crippen LogP contribution in [-0.4, -0.2) is 26.7 Å². The van der Waals surface area contributed by atoms with Crippen molar-refractivity contribution in [2.75, 3.05) is 11.6 Å². The van der Waals surface area contributed by atoms with Crippen molar-refractivity contribution in [3.05, 3.63) is 52.5 Å². The van der Waals surface area contributed by atoms with Gasteiger partial charge in [0.1, 0.15) is 5.75 Å². The van der Waals surface area contributed by atoms with Crippen molar-refractivity contribution >= 4 is 44.6 Å². The van der Waals surface area contributed by atoms with Gasteiger partial charge in [0.25, 0.3) is 5.91 Å². The van der Waals surface area contributed by atoms with Gasteiger partial charge in [-0.2, -0.15) is 0 Å². The fourth-order valence-corrected chi connectivity index (χ4v) is 2.93. The highest BCUT2D eigenvalue weighted by molar-refractivity contribution is 7.90. The van der Waals surface area contributed by atoms with Crippen molar-refractivity contribution in [1.82, 2.24) is 0 Å². The molecule has 2 aromatic carbocycles. The van der Waals surface area contributed by atoms with Crippen LogP contribution in [0.3, 0.4) is 0 Å². The lowest BCUT2D eigenvalue weighted by Gasteiger charge is -2.16. The Bertz CT molecular complexity index is 851. The Labute approximate surface area is 150 Å². The van der Waals surface area contributed by atoms with Crippen LogP contribution in [-0.2, 0) is 14.6 Å². The summed E-state index contributed by atoms with van der Waals surface area (Å²) in [6, 6.07) is 10.6. The molecular formula is C16H15Cl2NO4S. The van der Waals surface area contributed by atoms with E-state index in [0.717, 1.165) is 6.26 Å². The first-order valence-corrected chi connectivity index (χ1v) is 9.54. The summed E-state index contributed by atoms with van der Waals surface area (Å²) in [5.74, 6) is -0.0516. The molecule has 0 spiro atoms. The fourth-order valence-electron chi connectivity index (χ4n) is 1.84. The zero-order valence-corrected chi connectivity index (χ0v) is 15.2. The second kappa shape index (κ2) is 7.42. The van der Waals surface area contributed by atoms with E-state index in [9.17, 15) is 13.2 Å². The van der Waals surface area contributed by atoms with Gasteiger partial charge in [0.15, 0.2) is 15.9 Å². The fraction of sp³-hybridized carbons (Fsp3) is 0.188. The van der Waals surface area contributed by atoms with E-state index in [1.807, 2.05) is 0 Å². The third-order valence-electron chi connectivity index (χ3n) is 3.12. The largest absolute Gasteiger partial charge is 0.479 e. The number of halogens is 2. The summed E-state index contributed by atoms with van der Waals surface area (Å²) in [5, 5.41) is 3.42. The lowest BCUT2D eigenvalue weighted by atomic mass is 10.3. The number of carbonyl (C=O) groups is 1. The first kappa shape index (κ1) is 18.6. The number of nitrogens with one attached hydrogen (secondary N) is 1. The molecule has 0 saturated heterocycles. The molecule has 0 aliphatic carbocycles. The topological polar surface area (TPSA) is 72.5 Å². The molecule has 1 atom stereocenters. The zero-order valence-electron chi connectivity index (χ0n) is 12.9. The normalized spacial score (nSPS) is 12.5. The predicted molar refractivity (Wildman–Crippen MR) is 94.7 cm³/mol. The molecule has 128 valence electrons. The van der Waals surface area contributed by atoms with Crippen LogP contribution in [0, 0.1) is 0 Å². The van der Waals surface area contributed by atoms with Crippen molar-refractivity contribution in [2.45, 2.75) is 17.9 Å². The highest BCUT2D eigenvalue weighted by Crippen LogP contribution is 2.28. The molecular weight excluding hydrogens is 373 g/mol. The number of anilines is 1. The van der Waals surface area contributed by atoms with Crippen molar-refractivity contribution in [3.63, 3.8) is 0 Å². The van der Waals surface area contributed by atoms with E-state index >= 15 is 0 Å². The molecule has 0 radical (unpaired) electrons. The van der Waals surface area contributed by atoms with Crippen LogP contribution in [0.1, 0.15) is 6.92 Å². The molecule has 1 N–H and O–H groups in total. The number of hydrogen-bond acceptors (Lipinski definition) is 4. The van der Waals surface area contributed by atoms with Gasteiger partial charge in [-0.05, 0) is 49.4 Å². The maximum Gasteiger partial charge on any atom is 0.265 e. The molecule has 0 unspecified atom stereocenters. The van der Waals surface area contributed by atoms with E-state index in [0.29, 0.717) is 21.5 Å². The minimum atomic E-state index is -3.28. The zero-order chi connectivity index (χ0) is 17.9. The maximum absolute atomic E-state index is 12.2. The van der Waals surface area contributed by atoms with Crippen molar-refractivity contribution in [1.29, 1.82) is 0 Å². The number of ether oxygens (including phenoxy) is 1. The molecule has 1 amide bonds. The molecule has 2 aromatic rings. The molecule has 0 aliphatic rings. The smallest absolute Gasteiger partial charge is 0.265 e. The minimum absolute atomic E-state index is 0.178. The van der Waals surface area contributed by atoms with Crippen LogP contribution in [0.4, 0.5) is 5.69 Å². The summed E-state index contributed by atoms with van der Waals surface area (Å²) in [4.78, 5) is 12.3. The molecule has 0 aromatic heterocycles. The third kappa shape index (κ3) is 4.87. The molecule has 5 nitrogen and oxygen atoms in total. The van der Waals surface area contributed by atoms with Gasteiger partial charge in [0.05, 0.1) is 9.92 Å². The SMILES string of the molecule is C[C@H](Oc1ccc(Cl)cc1Cl)C(=O)Nc1ccc(S(C)(=O)=O)cc1. The number of carbonyl (C=O) groups excluding carboxylic acids is 1. The quantitative estimate of drug-likeness (QED) is 0.846. The molecule has 2 rings (SSSR count). The van der Waals surface area contributed by atoms with E-state index in [1.54, 1.807) is 19.1 Å². The van der Waals surface area contributed by atoms with Crippen LogP contribution in [0.25, 0.3) is 0 Å². The number of sulfone groups is 1. The predicted octanol–water partition coefficient (Wildman–Crippen LogP) is 3.80. The van der Waals surface area contributed by atoms with Gasteiger partial charge >= 0.3 is 0 Å². The molecule has 0 aliphatic heterocycles. The summed E-state index contributed by atoms with van der Waals surface area (Å²) in [7, 11) is -3.28. The summed E-state index contributed by atoms with van der Waals surface area (Å²) in [6.07, 6.45) is 0.310. The number of amides is 1. The van der Waals surface area contributed by atoms with Gasteiger partial charge < -0.3 is 10.1 Å². The molecule has 0 bridgehead atoms. The van der Waals surface area contributed by atoms with Crippen molar-refractivity contribution < 1.29 is 17.9 Å². The summed E-state index contributed by atoms with van der Waals surface area (Å²) in [6.45, 7) is 1.57. The summed E-state index contributed by atoms with van der Waals surface area (Å²) < 4.78 is 28.3. The number of benzene rings is 2. The van der Waals surface area contributed by atoms with Crippen LogP contribution in [0.15, 0.2) is 47.4 Å². The number of rotatable bonds is 5. The Morgan fingerprint density at radius 3 is 2.29 bits per heavy atom. The minimum Gasteiger partial charge on any atom is -0.479 e. The van der Waals surface area contributed by atoms with Gasteiger partial charge in [-0.25, -0.2) is 8.42 Å². The van der Waals surface area contributed by atoms with E-state index in [4.69, 9.17) is 27.9 Å². The van der Waals surface area contributed by atoms with Gasteiger partial charge in [-0.15, -0.1) is 0 Å². The van der Waals surface area contributed by atoms with E-state index in [-0.39, 0.29) is 4.90 Å². The van der Waals surface area contributed by atoms with Crippen LogP contribution in [0.5, 0.6) is 5.75 Å². The Balaban J connectivity index is 2.03. The molecule has 8 heteroatoms. The average Bonchev–Trinajstić information content (AvgIpc) is 2.49. The van der Waals surface area contributed by atoms with E-state index in [1.165, 1.54) is 30.3 Å². The van der Waals surface area contributed by atoms with Crippen LogP contribution in [0.2, 0.25) is 10.0 Å². The van der Waals surface area contributed by atoms with E-state index < -0.39 is 21.8 Å². The Kier molecular flexibility index (Phi) is 5.74. The monoisotopic (exact) mass is 387 g/mol. The van der Waals surface area contributed by atoms with Crippen LogP contribution < -0.4 is 10.1 Å². The Morgan fingerprint density at radius 1 is 1.12 bits per heavy atom. The lowest BCUT2D eigenvalue weighted by molar-refractivity contribution is -0.122. The molecule has 0 fully saturated rings. The van der Waals surface area contributed by atoms with Gasteiger partial charge in [-0.3, -0.25) is 4.79 Å². The number of hydrogen-bond donors (Lipinski definition) is 1. The highest BCUT2D eigenvalue weighted by Gasteiger charge is 2.17. The first-order valence-electron chi connectivity index (χ1n) is 6.89. The molecule has 24 heavy (non-hydrogen) atoms. The van der Waals surface area contributed by atoms with Gasteiger partial charge in [0, 0.05) is 17.0 Å². The average molecular weight is 388 g/mol. The van der Waals surface area contributed by atoms with E-state index in [2.05, 4.69) is 5.32 Å². The van der Waals surface area contributed by atoms with Gasteiger partial charge in [-0.1, -0.05) is 23.2 Å². The summed E-state index contributed by atoms with van der Waals surface area (Å²) >= 11 is 11.8. The van der Waals surface area contributed by atoms with Crippen molar-refractivity contribution in [3.8, 4) is 5.75 Å². The Hall–Kier alpha value is -1.76. The second-order valence-electron chi connectivity index (χ2n) is 5.12. The van der Waals surface area contributed by atoms with Gasteiger partial charge in [0.2, 0.25) is 0 Å². The highest BCUT2D eigenvalue weighted by atomic mass is 35.5. The Morgan fingerprint density at radius 2 is 1.75 bits per heavy atom. The van der Waals surface area contributed by atoms with Crippen LogP contribution >= 0.6 is 23.2 Å². The third-order valence-corrected chi connectivity index (χ3v) is 4.78. The molecule has 0 heterocycles. The van der Waals surface area contributed by atoms with Crippen molar-refractivity contribution in [2.24, 2.45) is 0 Å². The lowest BCUT2D eigenvalue weighted by Crippen LogP contribution is -2.30. The summed E-state index contributed by atoms with van der Waals surface area (Å²) in [5.41, 5.74) is 0.463. The maximum atomic E-state index is 12.2. The second-order valence-corrected chi connectivity index (χ2v) is 7.98. The first-order chi connectivity index (χ1) is 11.2. The standard InChI is InChI=1S/C16H15Cl2NO4S/c1-10(23-15-8-3-11(17)9-14(15)18)16(20)19-12-4-6-13(7-5-12)24(2,21)22/h3-10H,1-2H3,(H,19,20)/t10-/m0/s1.